The van der Waals surface area contributed by atoms with E-state index in [-0.39, 0.29) is 11.6 Å². The Balaban J connectivity index is 2.96. The lowest BCUT2D eigenvalue weighted by atomic mass is 10.0. The molecule has 0 aliphatic carbocycles. The second-order valence-electron chi connectivity index (χ2n) is 3.84. The predicted molar refractivity (Wildman–Crippen MR) is 68.4 cm³/mol. The standard InChI is InChI=1S/C12H17N3O3/c1-4-6-10(9-18-7-5-2)12-11(15(16)17)8-13-14(12)3/h4-5,8,10H,1-2,6-7,9H2,3H3/t10-/m1/s1. The number of aryl methyl sites for hydroxylation is 1. The molecule has 0 aliphatic heterocycles. The molecule has 1 rings (SSSR count). The lowest BCUT2D eigenvalue weighted by molar-refractivity contribution is -0.385. The van der Waals surface area contributed by atoms with Gasteiger partial charge >= 0.3 is 5.69 Å². The highest BCUT2D eigenvalue weighted by Crippen LogP contribution is 2.28. The van der Waals surface area contributed by atoms with Gasteiger partial charge in [-0.15, -0.1) is 13.2 Å². The van der Waals surface area contributed by atoms with Crippen molar-refractivity contribution in [3.63, 3.8) is 0 Å². The minimum atomic E-state index is -0.425. The summed E-state index contributed by atoms with van der Waals surface area (Å²) in [5, 5.41) is 14.9. The summed E-state index contributed by atoms with van der Waals surface area (Å²) in [5.74, 6) is -0.129. The van der Waals surface area contributed by atoms with Crippen LogP contribution in [0.5, 0.6) is 0 Å². The Labute approximate surface area is 106 Å². The van der Waals surface area contributed by atoms with Crippen LogP contribution in [0.25, 0.3) is 0 Å². The number of ether oxygens (including phenoxy) is 1. The van der Waals surface area contributed by atoms with Gasteiger partial charge in [0.05, 0.1) is 18.1 Å². The van der Waals surface area contributed by atoms with Crippen molar-refractivity contribution < 1.29 is 9.66 Å². The number of allylic oxidation sites excluding steroid dienone is 1. The van der Waals surface area contributed by atoms with Gasteiger partial charge in [0.2, 0.25) is 0 Å². The summed E-state index contributed by atoms with van der Waals surface area (Å²) in [6.45, 7) is 8.02. The van der Waals surface area contributed by atoms with Crippen LogP contribution >= 0.6 is 0 Å². The fourth-order valence-electron chi connectivity index (χ4n) is 1.80. The van der Waals surface area contributed by atoms with Crippen molar-refractivity contribution in [3.8, 4) is 0 Å². The van der Waals surface area contributed by atoms with E-state index in [9.17, 15) is 10.1 Å². The van der Waals surface area contributed by atoms with Crippen LogP contribution in [0.1, 0.15) is 18.0 Å². The summed E-state index contributed by atoms with van der Waals surface area (Å²) in [7, 11) is 1.69. The number of hydrogen-bond donors (Lipinski definition) is 0. The highest BCUT2D eigenvalue weighted by atomic mass is 16.6. The molecule has 1 aromatic rings. The van der Waals surface area contributed by atoms with Crippen molar-refractivity contribution in [2.75, 3.05) is 13.2 Å². The molecule has 0 saturated carbocycles. The summed E-state index contributed by atoms with van der Waals surface area (Å²) in [6.07, 6.45) is 5.22. The Morgan fingerprint density at radius 2 is 2.33 bits per heavy atom. The Kier molecular flexibility index (Phi) is 5.26. The normalized spacial score (nSPS) is 12.1. The van der Waals surface area contributed by atoms with Gasteiger partial charge < -0.3 is 4.74 Å². The van der Waals surface area contributed by atoms with Gasteiger partial charge in [0, 0.05) is 13.0 Å². The quantitative estimate of drug-likeness (QED) is 0.307. The van der Waals surface area contributed by atoms with E-state index in [2.05, 4.69) is 18.3 Å². The van der Waals surface area contributed by atoms with Crippen LogP contribution in [0.2, 0.25) is 0 Å². The van der Waals surface area contributed by atoms with Crippen molar-refractivity contribution in [1.82, 2.24) is 9.78 Å². The second kappa shape index (κ2) is 6.70. The molecule has 1 atom stereocenters. The molecule has 0 aliphatic rings. The lowest BCUT2D eigenvalue weighted by Gasteiger charge is -2.14. The molecule has 1 heterocycles. The molecular formula is C12H17N3O3. The van der Waals surface area contributed by atoms with Crippen molar-refractivity contribution >= 4 is 5.69 Å². The summed E-state index contributed by atoms with van der Waals surface area (Å²) in [5.41, 5.74) is 0.579. The maximum Gasteiger partial charge on any atom is 0.310 e. The summed E-state index contributed by atoms with van der Waals surface area (Å²) >= 11 is 0. The predicted octanol–water partition coefficient (Wildman–Crippen LogP) is 2.19. The highest BCUT2D eigenvalue weighted by Gasteiger charge is 2.26. The molecule has 6 heteroatoms. The first-order valence-electron chi connectivity index (χ1n) is 5.57. The van der Waals surface area contributed by atoms with Crippen molar-refractivity contribution in [1.29, 1.82) is 0 Å². The number of hydrogen-bond acceptors (Lipinski definition) is 4. The minimum absolute atomic E-state index is 0.0200. The van der Waals surface area contributed by atoms with Gasteiger partial charge in [-0.3, -0.25) is 14.8 Å². The molecule has 0 aromatic carbocycles. The van der Waals surface area contributed by atoms with E-state index in [1.165, 1.54) is 10.9 Å². The molecule has 0 unspecified atom stereocenters. The zero-order valence-corrected chi connectivity index (χ0v) is 10.4. The number of rotatable bonds is 8. The molecular weight excluding hydrogens is 234 g/mol. The van der Waals surface area contributed by atoms with Crippen molar-refractivity contribution in [2.24, 2.45) is 7.05 Å². The van der Waals surface area contributed by atoms with E-state index < -0.39 is 4.92 Å². The van der Waals surface area contributed by atoms with Crippen LogP contribution < -0.4 is 0 Å². The smallest absolute Gasteiger partial charge is 0.310 e. The Hall–Kier alpha value is -1.95. The maximum absolute atomic E-state index is 10.9. The average Bonchev–Trinajstić information content (AvgIpc) is 2.70. The Morgan fingerprint density at radius 3 is 2.89 bits per heavy atom. The topological polar surface area (TPSA) is 70.2 Å². The average molecular weight is 251 g/mol. The van der Waals surface area contributed by atoms with Crippen LogP contribution in [0, 0.1) is 10.1 Å². The highest BCUT2D eigenvalue weighted by molar-refractivity contribution is 5.36. The zero-order chi connectivity index (χ0) is 13.5. The molecule has 0 radical (unpaired) electrons. The molecule has 0 bridgehead atoms. The molecule has 98 valence electrons. The van der Waals surface area contributed by atoms with E-state index in [0.717, 1.165) is 0 Å². The SMILES string of the molecule is C=CCOC[C@@H](CC=C)c1c([N+](=O)[O-])cnn1C. The van der Waals surface area contributed by atoms with Gasteiger partial charge in [-0.2, -0.15) is 5.10 Å². The first-order chi connectivity index (χ1) is 8.61. The second-order valence-corrected chi connectivity index (χ2v) is 3.84. The van der Waals surface area contributed by atoms with Gasteiger partial charge in [-0.05, 0) is 6.42 Å². The van der Waals surface area contributed by atoms with E-state index in [1.807, 2.05) is 0 Å². The molecule has 6 nitrogen and oxygen atoms in total. The fraction of sp³-hybridized carbons (Fsp3) is 0.417. The third-order valence-electron chi connectivity index (χ3n) is 2.55. The van der Waals surface area contributed by atoms with E-state index in [1.54, 1.807) is 19.2 Å². The monoisotopic (exact) mass is 251 g/mol. The van der Waals surface area contributed by atoms with E-state index in [4.69, 9.17) is 4.74 Å². The minimum Gasteiger partial charge on any atom is -0.377 e. The van der Waals surface area contributed by atoms with Gasteiger partial charge in [-0.1, -0.05) is 12.2 Å². The summed E-state index contributed by atoms with van der Waals surface area (Å²) in [4.78, 5) is 10.5. The molecule has 18 heavy (non-hydrogen) atoms. The van der Waals surface area contributed by atoms with Gasteiger partial charge in [0.25, 0.3) is 0 Å². The molecule has 0 saturated heterocycles. The van der Waals surface area contributed by atoms with Gasteiger partial charge in [-0.25, -0.2) is 0 Å². The Bertz CT molecular complexity index is 440. The molecule has 0 spiro atoms. The number of aromatic nitrogens is 2. The van der Waals surface area contributed by atoms with Crippen LogP contribution in [0.3, 0.4) is 0 Å². The van der Waals surface area contributed by atoms with Gasteiger partial charge in [0.1, 0.15) is 11.9 Å². The van der Waals surface area contributed by atoms with Crippen LogP contribution in [0.15, 0.2) is 31.5 Å². The fourth-order valence-corrected chi connectivity index (χ4v) is 1.80. The summed E-state index contributed by atoms with van der Waals surface area (Å²) in [6, 6.07) is 0. The Morgan fingerprint density at radius 1 is 1.61 bits per heavy atom. The number of nitro groups is 1. The van der Waals surface area contributed by atoms with Gasteiger partial charge in [0.15, 0.2) is 0 Å². The molecule has 0 N–H and O–H groups in total. The van der Waals surface area contributed by atoms with Crippen LogP contribution in [0.4, 0.5) is 5.69 Å². The molecule has 1 aromatic heterocycles. The largest absolute Gasteiger partial charge is 0.377 e. The third kappa shape index (κ3) is 3.27. The first kappa shape index (κ1) is 14.1. The van der Waals surface area contributed by atoms with Crippen LogP contribution in [-0.4, -0.2) is 27.9 Å². The maximum atomic E-state index is 10.9. The van der Waals surface area contributed by atoms with Crippen molar-refractivity contribution in [2.45, 2.75) is 12.3 Å². The lowest BCUT2D eigenvalue weighted by Crippen LogP contribution is -2.13. The third-order valence-corrected chi connectivity index (χ3v) is 2.55. The van der Waals surface area contributed by atoms with Crippen molar-refractivity contribution in [3.05, 3.63) is 47.3 Å². The molecule has 0 amide bonds. The first-order valence-corrected chi connectivity index (χ1v) is 5.57. The molecule has 0 fully saturated rings. The van der Waals surface area contributed by atoms with E-state index in [0.29, 0.717) is 25.3 Å². The van der Waals surface area contributed by atoms with E-state index >= 15 is 0 Å². The summed E-state index contributed by atoms with van der Waals surface area (Å²) < 4.78 is 6.90. The number of nitrogens with zero attached hydrogens (tertiary/aromatic N) is 3. The van der Waals surface area contributed by atoms with Crippen LogP contribution in [-0.2, 0) is 11.8 Å². The zero-order valence-electron chi connectivity index (χ0n) is 10.4.